The van der Waals surface area contributed by atoms with Crippen LogP contribution < -0.4 is 0 Å². The molecule has 18 rings (SSSR count). The molecule has 0 spiro atoms. The fourth-order valence-electron chi connectivity index (χ4n) is 13.5. The van der Waals surface area contributed by atoms with Crippen molar-refractivity contribution in [3.8, 4) is 41.0 Å². The Morgan fingerprint density at radius 3 is 1.39 bits per heavy atom. The summed E-state index contributed by atoms with van der Waals surface area (Å²) >= 11 is 1.88. The SMILES string of the molecule is Cc1ccc2c(c1)c1cc(C#N)ccc1n2-c1cccc(-n2c3ccccc3c3c4sc5ccccc5c4ccc32)c1.N#Cc1ccc2c(c1)c1cc(C#N)ccc1n2-c1cccc(-n2c3ccccc3c3ccc4oc5ccccc5c4c32)c1. The van der Waals surface area contributed by atoms with E-state index < -0.39 is 0 Å². The average molecular weight is 1100 g/mol. The van der Waals surface area contributed by atoms with Crippen LogP contribution in [-0.4, -0.2) is 18.3 Å². The van der Waals surface area contributed by atoms with Crippen molar-refractivity contribution in [2.24, 2.45) is 0 Å². The minimum absolute atomic E-state index is 0.587. The molecule has 6 heterocycles. The Balaban J connectivity index is 0.000000133. The summed E-state index contributed by atoms with van der Waals surface area (Å²) in [6.07, 6.45) is 0. The molecule has 0 aliphatic carbocycles. The second kappa shape index (κ2) is 18.4. The maximum Gasteiger partial charge on any atom is 0.137 e. The highest BCUT2D eigenvalue weighted by molar-refractivity contribution is 7.26. The van der Waals surface area contributed by atoms with E-state index in [1.54, 1.807) is 0 Å². The second-order valence-corrected chi connectivity index (χ2v) is 22.9. The molecule has 18 aromatic rings. The molecule has 0 bridgehead atoms. The van der Waals surface area contributed by atoms with Gasteiger partial charge in [-0.1, -0.05) is 103 Å². The topological polar surface area (TPSA) is 104 Å². The molecule has 6 aromatic heterocycles. The van der Waals surface area contributed by atoms with Crippen molar-refractivity contribution in [1.82, 2.24) is 18.3 Å². The van der Waals surface area contributed by atoms with Gasteiger partial charge in [-0.3, -0.25) is 0 Å². The van der Waals surface area contributed by atoms with Gasteiger partial charge in [0.05, 0.1) is 84.4 Å². The van der Waals surface area contributed by atoms with Crippen LogP contribution in [0.2, 0.25) is 0 Å². The Hall–Kier alpha value is -11.7. The van der Waals surface area contributed by atoms with Gasteiger partial charge in [0.15, 0.2) is 0 Å². The molecule has 0 saturated heterocycles. The molecule has 0 N–H and O–H groups in total. The second-order valence-electron chi connectivity index (χ2n) is 21.8. The summed E-state index contributed by atoms with van der Waals surface area (Å²) in [5, 5.41) is 42.8. The summed E-state index contributed by atoms with van der Waals surface area (Å²) in [6, 6.07) is 91.3. The van der Waals surface area contributed by atoms with Gasteiger partial charge in [0.2, 0.25) is 0 Å². The normalized spacial score (nSPS) is 11.8. The summed E-state index contributed by atoms with van der Waals surface area (Å²) in [5.41, 5.74) is 17.8. The molecule has 0 aliphatic rings. The highest BCUT2D eigenvalue weighted by Crippen LogP contribution is 2.45. The zero-order chi connectivity index (χ0) is 56.6. The summed E-state index contributed by atoms with van der Waals surface area (Å²) in [6.45, 7) is 2.12. The molecular formula is C76H43N7OS. The van der Waals surface area contributed by atoms with Crippen molar-refractivity contribution in [3.63, 3.8) is 0 Å². The van der Waals surface area contributed by atoms with E-state index in [1.807, 2.05) is 72.0 Å². The zero-order valence-electron chi connectivity index (χ0n) is 45.5. The van der Waals surface area contributed by atoms with E-state index in [0.717, 1.165) is 99.3 Å². The van der Waals surface area contributed by atoms with Crippen molar-refractivity contribution in [2.45, 2.75) is 6.92 Å². The molecule has 0 saturated carbocycles. The van der Waals surface area contributed by atoms with Crippen LogP contribution in [0.15, 0.2) is 247 Å². The third kappa shape index (κ3) is 7.11. The van der Waals surface area contributed by atoms with Gasteiger partial charge in [0.1, 0.15) is 11.2 Å². The summed E-state index contributed by atoms with van der Waals surface area (Å²) in [5.74, 6) is 0. The molecule has 0 radical (unpaired) electrons. The first-order valence-electron chi connectivity index (χ1n) is 28.1. The van der Waals surface area contributed by atoms with Gasteiger partial charge in [-0.05, 0) is 153 Å². The predicted molar refractivity (Wildman–Crippen MR) is 349 cm³/mol. The predicted octanol–water partition coefficient (Wildman–Crippen LogP) is 20.0. The average Bonchev–Trinajstić information content (AvgIpc) is 2.76. The van der Waals surface area contributed by atoms with Gasteiger partial charge in [-0.15, -0.1) is 11.3 Å². The molecule has 0 aliphatic heterocycles. The Kier molecular flexibility index (Phi) is 10.4. The molecule has 12 aromatic carbocycles. The van der Waals surface area contributed by atoms with E-state index in [2.05, 4.69) is 225 Å². The standard InChI is InChI=1S/C38H20N4O.C38H23N3S/c39-21-23-12-15-33-30(18-23)31-19-24(22-40)13-16-34(31)41(33)25-6-5-7-26(20-25)42-32-10-3-1-8-27(32)28-14-17-36-37(38(28)42)29-9-2-4-11-35(29)43-36;1-23-13-16-33-30(19-23)31-20-24(22-39)14-17-34(31)40(33)25-7-6-8-26(21-25)41-32-11-4-2-10-29(32)37-35(41)18-15-28-27-9-3-5-12-36(27)42-38(28)37/h1-20H;2-21H,1H3. The third-order valence-corrected chi connectivity index (χ3v) is 18.3. The fraction of sp³-hybridized carbons (Fsp3) is 0.0132. The lowest BCUT2D eigenvalue weighted by molar-refractivity contribution is 0.669. The van der Waals surface area contributed by atoms with Gasteiger partial charge in [-0.25, -0.2) is 0 Å². The van der Waals surface area contributed by atoms with Crippen LogP contribution in [0, 0.1) is 40.9 Å². The zero-order valence-corrected chi connectivity index (χ0v) is 46.4. The summed E-state index contributed by atoms with van der Waals surface area (Å²) in [7, 11) is 0. The lowest BCUT2D eigenvalue weighted by Crippen LogP contribution is -1.99. The van der Waals surface area contributed by atoms with E-state index >= 15 is 0 Å². The lowest BCUT2D eigenvalue weighted by atomic mass is 10.1. The van der Waals surface area contributed by atoms with Crippen molar-refractivity contribution in [3.05, 3.63) is 265 Å². The van der Waals surface area contributed by atoms with E-state index in [9.17, 15) is 15.8 Å². The van der Waals surface area contributed by atoms with Crippen molar-refractivity contribution in [2.75, 3.05) is 0 Å². The first-order chi connectivity index (χ1) is 41.9. The quantitative estimate of drug-likeness (QED) is 0.175. The molecule has 0 fully saturated rings. The molecule has 394 valence electrons. The maximum atomic E-state index is 9.62. The number of furan rings is 1. The van der Waals surface area contributed by atoms with Crippen LogP contribution in [0.1, 0.15) is 22.3 Å². The van der Waals surface area contributed by atoms with Crippen LogP contribution in [0.5, 0.6) is 0 Å². The van der Waals surface area contributed by atoms with Gasteiger partial charge < -0.3 is 22.7 Å². The molecule has 9 heteroatoms. The first-order valence-corrected chi connectivity index (χ1v) is 29.0. The number of fused-ring (bicyclic) bond motifs is 20. The number of rotatable bonds is 4. The Bertz CT molecular complexity index is 5980. The van der Waals surface area contributed by atoms with E-state index in [0.29, 0.717) is 16.7 Å². The van der Waals surface area contributed by atoms with Gasteiger partial charge in [-0.2, -0.15) is 15.8 Å². The van der Waals surface area contributed by atoms with Crippen LogP contribution in [-0.2, 0) is 0 Å². The number of thiophene rings is 1. The third-order valence-electron chi connectivity index (χ3n) is 17.1. The summed E-state index contributed by atoms with van der Waals surface area (Å²) < 4.78 is 18.2. The van der Waals surface area contributed by atoms with Gasteiger partial charge >= 0.3 is 0 Å². The first kappa shape index (κ1) is 48.1. The van der Waals surface area contributed by atoms with Gasteiger partial charge in [0, 0.05) is 91.4 Å². The fourth-order valence-corrected chi connectivity index (χ4v) is 14.8. The van der Waals surface area contributed by atoms with Crippen LogP contribution >= 0.6 is 11.3 Å². The van der Waals surface area contributed by atoms with E-state index in [-0.39, 0.29) is 0 Å². The number of aryl methyl sites for hydroxylation is 1. The highest BCUT2D eigenvalue weighted by atomic mass is 32.1. The minimum atomic E-state index is 0.587. The lowest BCUT2D eigenvalue weighted by Gasteiger charge is -2.13. The largest absolute Gasteiger partial charge is 0.456 e. The number of nitrogens with zero attached hydrogens (tertiary/aromatic N) is 7. The van der Waals surface area contributed by atoms with E-state index in [1.165, 1.54) is 58.3 Å². The Labute approximate surface area is 489 Å². The minimum Gasteiger partial charge on any atom is -0.456 e. The molecule has 0 atom stereocenters. The van der Waals surface area contributed by atoms with Crippen LogP contribution in [0.3, 0.4) is 0 Å². The molecule has 0 unspecified atom stereocenters. The van der Waals surface area contributed by atoms with Crippen LogP contribution in [0.4, 0.5) is 0 Å². The summed E-state index contributed by atoms with van der Waals surface area (Å²) in [4.78, 5) is 0. The Morgan fingerprint density at radius 1 is 0.318 bits per heavy atom. The number of benzene rings is 12. The molecule has 0 amide bonds. The maximum absolute atomic E-state index is 9.62. The van der Waals surface area contributed by atoms with Crippen molar-refractivity contribution in [1.29, 1.82) is 15.8 Å². The van der Waals surface area contributed by atoms with Crippen molar-refractivity contribution < 1.29 is 4.42 Å². The molecule has 85 heavy (non-hydrogen) atoms. The number of hydrogen-bond donors (Lipinski definition) is 0. The smallest absolute Gasteiger partial charge is 0.137 e. The monoisotopic (exact) mass is 1100 g/mol. The van der Waals surface area contributed by atoms with Gasteiger partial charge in [0.25, 0.3) is 0 Å². The van der Waals surface area contributed by atoms with Crippen molar-refractivity contribution >= 4 is 141 Å². The molecular weight excluding hydrogens is 1060 g/mol. The molecule has 8 nitrogen and oxygen atoms in total. The highest BCUT2D eigenvalue weighted by Gasteiger charge is 2.22. The van der Waals surface area contributed by atoms with Crippen LogP contribution in [0.25, 0.3) is 152 Å². The number of aromatic nitrogens is 4. The number of nitriles is 3. The van der Waals surface area contributed by atoms with E-state index in [4.69, 9.17) is 4.42 Å². The number of para-hydroxylation sites is 3. The Morgan fingerprint density at radius 2 is 0.776 bits per heavy atom. The number of hydrogen-bond acceptors (Lipinski definition) is 5.